The van der Waals surface area contributed by atoms with E-state index in [1.807, 2.05) is 0 Å². The van der Waals surface area contributed by atoms with Gasteiger partial charge in [0.05, 0.1) is 5.69 Å². The number of aromatic carboxylic acids is 1. The zero-order valence-electron chi connectivity index (χ0n) is 5.07. The summed E-state index contributed by atoms with van der Waals surface area (Å²) in [4.78, 5) is 10.2. The molecule has 3 N–H and O–H groups in total. The van der Waals surface area contributed by atoms with Gasteiger partial charge in [-0.05, 0) is 0 Å². The molecule has 0 atom stereocenters. The van der Waals surface area contributed by atoms with Gasteiger partial charge in [0, 0.05) is 12.6 Å². The Labute approximate surface area is 56.4 Å². The predicted octanol–water partition coefficient (Wildman–Crippen LogP) is -0.169. The number of nitrogens with two attached hydrogens (primary N) is 1. The van der Waals surface area contributed by atoms with E-state index in [4.69, 9.17) is 10.8 Å². The number of hydrogen-bond donors (Lipinski definition) is 2. The first-order valence-electron chi connectivity index (χ1n) is 2.63. The van der Waals surface area contributed by atoms with Crippen molar-refractivity contribution in [3.05, 3.63) is 17.5 Å². The van der Waals surface area contributed by atoms with E-state index in [1.54, 1.807) is 0 Å². The second kappa shape index (κ2) is 2.49. The Hall–Kier alpha value is -1.36. The number of aromatic nitrogens is 1. The fraction of sp³-hybridized carbons (Fsp3) is 0.200. The average molecular weight is 142 g/mol. The standard InChI is InChI=1S/C5H6N2O3/c6-2-3-1-4(5(8)9)10-7-3/h1H,2,6H2,(H,8,9). The fourth-order valence-electron chi connectivity index (χ4n) is 0.509. The van der Waals surface area contributed by atoms with E-state index in [1.165, 1.54) is 6.07 Å². The Balaban J connectivity index is 2.88. The van der Waals surface area contributed by atoms with E-state index in [2.05, 4.69) is 9.68 Å². The fourth-order valence-corrected chi connectivity index (χ4v) is 0.509. The minimum atomic E-state index is -1.13. The van der Waals surface area contributed by atoms with Gasteiger partial charge in [0.1, 0.15) is 0 Å². The summed E-state index contributed by atoms with van der Waals surface area (Å²) in [5, 5.41) is 11.7. The van der Waals surface area contributed by atoms with Gasteiger partial charge in [0.15, 0.2) is 0 Å². The second-order valence-electron chi connectivity index (χ2n) is 1.69. The van der Waals surface area contributed by atoms with Gasteiger partial charge in [-0.2, -0.15) is 0 Å². The molecule has 0 amide bonds. The van der Waals surface area contributed by atoms with E-state index in [0.717, 1.165) is 0 Å². The maximum Gasteiger partial charge on any atom is 0.374 e. The quantitative estimate of drug-likeness (QED) is 0.598. The summed E-state index contributed by atoms with van der Waals surface area (Å²) in [6.45, 7) is 0.191. The molecule has 10 heavy (non-hydrogen) atoms. The van der Waals surface area contributed by atoms with E-state index in [0.29, 0.717) is 5.69 Å². The number of carboxylic acids is 1. The summed E-state index contributed by atoms with van der Waals surface area (Å²) >= 11 is 0. The summed E-state index contributed by atoms with van der Waals surface area (Å²) in [6, 6.07) is 1.29. The normalized spacial score (nSPS) is 9.70. The van der Waals surface area contributed by atoms with Crippen LogP contribution >= 0.6 is 0 Å². The Morgan fingerprint density at radius 3 is 2.90 bits per heavy atom. The Morgan fingerprint density at radius 2 is 2.60 bits per heavy atom. The zero-order chi connectivity index (χ0) is 7.56. The van der Waals surface area contributed by atoms with Gasteiger partial charge in [0.2, 0.25) is 5.76 Å². The molecule has 0 unspecified atom stereocenters. The van der Waals surface area contributed by atoms with Crippen LogP contribution < -0.4 is 5.73 Å². The second-order valence-corrected chi connectivity index (χ2v) is 1.69. The molecule has 1 aromatic heterocycles. The number of rotatable bonds is 2. The molecule has 54 valence electrons. The summed E-state index contributed by atoms with van der Waals surface area (Å²) < 4.78 is 4.39. The number of nitrogens with zero attached hydrogens (tertiary/aromatic N) is 1. The highest BCUT2D eigenvalue weighted by Crippen LogP contribution is 2.01. The third-order valence-electron chi connectivity index (χ3n) is 0.979. The molecule has 0 spiro atoms. The first-order valence-corrected chi connectivity index (χ1v) is 2.63. The zero-order valence-corrected chi connectivity index (χ0v) is 5.07. The minimum Gasteiger partial charge on any atom is -0.475 e. The molecular formula is C5H6N2O3. The van der Waals surface area contributed by atoms with Crippen molar-refractivity contribution in [2.75, 3.05) is 0 Å². The maximum atomic E-state index is 10.2. The van der Waals surface area contributed by atoms with Gasteiger partial charge in [-0.25, -0.2) is 4.79 Å². The third kappa shape index (κ3) is 1.14. The molecule has 0 saturated heterocycles. The highest BCUT2D eigenvalue weighted by atomic mass is 16.5. The van der Waals surface area contributed by atoms with Crippen molar-refractivity contribution in [1.82, 2.24) is 5.16 Å². The molecule has 5 heteroatoms. The lowest BCUT2D eigenvalue weighted by molar-refractivity contribution is 0.0652. The Morgan fingerprint density at radius 1 is 1.90 bits per heavy atom. The molecule has 0 aliphatic rings. The van der Waals surface area contributed by atoms with Gasteiger partial charge in [-0.15, -0.1) is 0 Å². The van der Waals surface area contributed by atoms with E-state index in [-0.39, 0.29) is 12.3 Å². The van der Waals surface area contributed by atoms with Crippen molar-refractivity contribution in [3.8, 4) is 0 Å². The van der Waals surface area contributed by atoms with Crippen LogP contribution in [0.4, 0.5) is 0 Å². The maximum absolute atomic E-state index is 10.2. The van der Waals surface area contributed by atoms with Crippen LogP contribution in [0, 0.1) is 0 Å². The van der Waals surface area contributed by atoms with Crippen LogP contribution in [0.2, 0.25) is 0 Å². The topological polar surface area (TPSA) is 89.4 Å². The van der Waals surface area contributed by atoms with E-state index < -0.39 is 5.97 Å². The lowest BCUT2D eigenvalue weighted by atomic mass is 10.4. The number of carboxylic acid groups (broad SMARTS) is 1. The molecule has 0 bridgehead atoms. The van der Waals surface area contributed by atoms with E-state index >= 15 is 0 Å². The molecular weight excluding hydrogens is 136 g/mol. The molecule has 0 aliphatic carbocycles. The third-order valence-corrected chi connectivity index (χ3v) is 0.979. The lowest BCUT2D eigenvalue weighted by Gasteiger charge is -1.77. The number of hydrogen-bond acceptors (Lipinski definition) is 4. The lowest BCUT2D eigenvalue weighted by Crippen LogP contribution is -1.96. The van der Waals surface area contributed by atoms with Gasteiger partial charge in [-0.1, -0.05) is 5.16 Å². The molecule has 0 saturated carbocycles. The summed E-state index contributed by atoms with van der Waals surface area (Å²) in [5.74, 6) is -1.31. The van der Waals surface area contributed by atoms with Crippen LogP contribution in [0.15, 0.2) is 10.6 Å². The first kappa shape index (κ1) is 6.76. The Bertz CT molecular complexity index is 243. The van der Waals surface area contributed by atoms with Crippen molar-refractivity contribution >= 4 is 5.97 Å². The molecule has 0 aromatic carbocycles. The van der Waals surface area contributed by atoms with Crippen LogP contribution in [0.3, 0.4) is 0 Å². The largest absolute Gasteiger partial charge is 0.475 e. The van der Waals surface area contributed by atoms with Crippen LogP contribution in [0.25, 0.3) is 0 Å². The predicted molar refractivity (Wildman–Crippen MR) is 31.4 cm³/mol. The van der Waals surface area contributed by atoms with Crippen molar-refractivity contribution in [1.29, 1.82) is 0 Å². The summed E-state index contributed by atoms with van der Waals surface area (Å²) in [5.41, 5.74) is 5.59. The van der Waals surface area contributed by atoms with Crippen LogP contribution in [-0.2, 0) is 6.54 Å². The highest BCUT2D eigenvalue weighted by Gasteiger charge is 2.08. The smallest absolute Gasteiger partial charge is 0.374 e. The van der Waals surface area contributed by atoms with Gasteiger partial charge in [0.25, 0.3) is 0 Å². The molecule has 1 aromatic rings. The van der Waals surface area contributed by atoms with Crippen LogP contribution in [0.1, 0.15) is 16.2 Å². The highest BCUT2D eigenvalue weighted by molar-refractivity contribution is 5.84. The Kier molecular flexibility index (Phi) is 1.68. The first-order chi connectivity index (χ1) is 4.74. The van der Waals surface area contributed by atoms with Crippen molar-refractivity contribution in [3.63, 3.8) is 0 Å². The monoisotopic (exact) mass is 142 g/mol. The van der Waals surface area contributed by atoms with Crippen molar-refractivity contribution in [2.24, 2.45) is 5.73 Å². The molecule has 1 heterocycles. The van der Waals surface area contributed by atoms with E-state index in [9.17, 15) is 4.79 Å². The number of carbonyl (C=O) groups is 1. The molecule has 0 aliphatic heterocycles. The van der Waals surface area contributed by atoms with Crippen molar-refractivity contribution < 1.29 is 14.4 Å². The van der Waals surface area contributed by atoms with Crippen molar-refractivity contribution in [2.45, 2.75) is 6.54 Å². The average Bonchev–Trinajstić information content (AvgIpc) is 2.34. The summed E-state index contributed by atoms with van der Waals surface area (Å²) in [6.07, 6.45) is 0. The van der Waals surface area contributed by atoms with Gasteiger partial charge in [-0.3, -0.25) is 0 Å². The molecule has 1 rings (SSSR count). The van der Waals surface area contributed by atoms with Crippen LogP contribution in [-0.4, -0.2) is 16.2 Å². The minimum absolute atomic E-state index is 0.180. The van der Waals surface area contributed by atoms with Gasteiger partial charge < -0.3 is 15.4 Å². The molecule has 0 fully saturated rings. The SMILES string of the molecule is NCc1cc(C(=O)O)on1. The van der Waals surface area contributed by atoms with Gasteiger partial charge >= 0.3 is 5.97 Å². The van der Waals surface area contributed by atoms with Crippen LogP contribution in [0.5, 0.6) is 0 Å². The molecule has 0 radical (unpaired) electrons. The molecule has 5 nitrogen and oxygen atoms in total. The summed E-state index contributed by atoms with van der Waals surface area (Å²) in [7, 11) is 0.